The van der Waals surface area contributed by atoms with E-state index in [1.807, 2.05) is 0 Å². The van der Waals surface area contributed by atoms with Crippen molar-refractivity contribution < 1.29 is 0 Å². The Hall–Kier alpha value is -0.510. The van der Waals surface area contributed by atoms with Crippen molar-refractivity contribution in [3.63, 3.8) is 0 Å². The Morgan fingerprint density at radius 1 is 0.842 bits per heavy atom. The summed E-state index contributed by atoms with van der Waals surface area (Å²) in [6.07, 6.45) is 16.7. The SMILES string of the molecule is CCCCCC1CCC(C2CCC(C#N)CC2)CC1. The van der Waals surface area contributed by atoms with Crippen molar-refractivity contribution in [3.05, 3.63) is 0 Å². The first-order valence-electron chi connectivity index (χ1n) is 8.73. The molecule has 0 atom stereocenters. The lowest BCUT2D eigenvalue weighted by molar-refractivity contribution is 0.152. The molecule has 2 saturated carbocycles. The summed E-state index contributed by atoms with van der Waals surface area (Å²) in [4.78, 5) is 0. The van der Waals surface area contributed by atoms with Gasteiger partial charge in [-0.1, -0.05) is 45.4 Å². The van der Waals surface area contributed by atoms with E-state index >= 15 is 0 Å². The molecule has 0 bridgehead atoms. The average Bonchev–Trinajstić information content (AvgIpc) is 2.48. The number of hydrogen-bond acceptors (Lipinski definition) is 1. The highest BCUT2D eigenvalue weighted by molar-refractivity contribution is 4.89. The number of nitrogens with zero attached hydrogens (tertiary/aromatic N) is 1. The molecule has 0 spiro atoms. The van der Waals surface area contributed by atoms with Gasteiger partial charge in [0.25, 0.3) is 0 Å². The van der Waals surface area contributed by atoms with Gasteiger partial charge in [0.05, 0.1) is 6.07 Å². The van der Waals surface area contributed by atoms with E-state index in [-0.39, 0.29) is 0 Å². The molecule has 0 N–H and O–H groups in total. The lowest BCUT2D eigenvalue weighted by Crippen LogP contribution is -2.25. The third kappa shape index (κ3) is 4.51. The van der Waals surface area contributed by atoms with Gasteiger partial charge in [-0.05, 0) is 56.3 Å². The van der Waals surface area contributed by atoms with E-state index < -0.39 is 0 Å². The van der Waals surface area contributed by atoms with Crippen molar-refractivity contribution in [2.75, 3.05) is 0 Å². The van der Waals surface area contributed by atoms with Gasteiger partial charge in [0.1, 0.15) is 0 Å². The first kappa shape index (κ1) is 14.9. The van der Waals surface area contributed by atoms with Gasteiger partial charge in [0.15, 0.2) is 0 Å². The Labute approximate surface area is 119 Å². The fourth-order valence-corrected chi connectivity index (χ4v) is 4.35. The second kappa shape index (κ2) is 7.93. The fourth-order valence-electron chi connectivity index (χ4n) is 4.35. The van der Waals surface area contributed by atoms with Crippen LogP contribution in [0.25, 0.3) is 0 Å². The summed E-state index contributed by atoms with van der Waals surface area (Å²) in [5.41, 5.74) is 0. The monoisotopic (exact) mass is 261 g/mol. The minimum Gasteiger partial charge on any atom is -0.198 e. The van der Waals surface area contributed by atoms with Gasteiger partial charge in [0, 0.05) is 5.92 Å². The van der Waals surface area contributed by atoms with Gasteiger partial charge in [0.2, 0.25) is 0 Å². The Balaban J connectivity index is 1.65. The highest BCUT2D eigenvalue weighted by Gasteiger charge is 2.30. The van der Waals surface area contributed by atoms with Crippen LogP contribution in [0.3, 0.4) is 0 Å². The molecule has 2 fully saturated rings. The van der Waals surface area contributed by atoms with Gasteiger partial charge < -0.3 is 0 Å². The second-order valence-electron chi connectivity index (χ2n) is 7.02. The Morgan fingerprint density at radius 3 is 1.95 bits per heavy atom. The van der Waals surface area contributed by atoms with Gasteiger partial charge >= 0.3 is 0 Å². The maximum atomic E-state index is 8.98. The van der Waals surface area contributed by atoms with Crippen LogP contribution in [-0.2, 0) is 0 Å². The van der Waals surface area contributed by atoms with Gasteiger partial charge in [-0.25, -0.2) is 0 Å². The minimum absolute atomic E-state index is 0.377. The summed E-state index contributed by atoms with van der Waals surface area (Å²) in [6.45, 7) is 2.30. The lowest BCUT2D eigenvalue weighted by Gasteiger charge is -2.36. The molecule has 0 aromatic carbocycles. The highest BCUT2D eigenvalue weighted by atomic mass is 14.4. The van der Waals surface area contributed by atoms with Gasteiger partial charge in [-0.2, -0.15) is 5.26 Å². The van der Waals surface area contributed by atoms with Crippen LogP contribution in [0.1, 0.15) is 84.0 Å². The number of unbranched alkanes of at least 4 members (excludes halogenated alkanes) is 2. The summed E-state index contributed by atoms with van der Waals surface area (Å²) < 4.78 is 0. The first-order chi connectivity index (χ1) is 9.33. The third-order valence-corrected chi connectivity index (χ3v) is 5.73. The van der Waals surface area contributed by atoms with Crippen LogP contribution in [0.2, 0.25) is 0 Å². The van der Waals surface area contributed by atoms with Crippen molar-refractivity contribution in [1.82, 2.24) is 0 Å². The van der Waals surface area contributed by atoms with E-state index in [1.54, 1.807) is 0 Å². The molecule has 1 nitrogen and oxygen atoms in total. The second-order valence-corrected chi connectivity index (χ2v) is 7.02. The van der Waals surface area contributed by atoms with Crippen LogP contribution in [0, 0.1) is 35.0 Å². The Bertz CT molecular complexity index is 275. The van der Waals surface area contributed by atoms with E-state index in [4.69, 9.17) is 5.26 Å². The van der Waals surface area contributed by atoms with Crippen molar-refractivity contribution in [3.8, 4) is 6.07 Å². The van der Waals surface area contributed by atoms with Crippen LogP contribution in [-0.4, -0.2) is 0 Å². The predicted molar refractivity (Wildman–Crippen MR) is 80.7 cm³/mol. The van der Waals surface area contributed by atoms with Crippen LogP contribution < -0.4 is 0 Å². The number of rotatable bonds is 5. The summed E-state index contributed by atoms with van der Waals surface area (Å²) in [5.74, 6) is 3.38. The zero-order valence-corrected chi connectivity index (χ0v) is 12.7. The zero-order valence-electron chi connectivity index (χ0n) is 12.7. The molecule has 0 heterocycles. The molecule has 2 aliphatic carbocycles. The topological polar surface area (TPSA) is 23.8 Å². The van der Waals surface area contributed by atoms with E-state index in [2.05, 4.69) is 13.0 Å². The van der Waals surface area contributed by atoms with Crippen molar-refractivity contribution in [1.29, 1.82) is 5.26 Å². The molecule has 19 heavy (non-hydrogen) atoms. The molecule has 0 saturated heterocycles. The number of hydrogen-bond donors (Lipinski definition) is 0. The quantitative estimate of drug-likeness (QED) is 0.582. The average molecular weight is 261 g/mol. The molecule has 1 heteroatoms. The highest BCUT2D eigenvalue weighted by Crippen LogP contribution is 2.42. The van der Waals surface area contributed by atoms with E-state index in [0.717, 1.165) is 17.8 Å². The molecule has 2 rings (SSSR count). The van der Waals surface area contributed by atoms with Crippen LogP contribution in [0.15, 0.2) is 0 Å². The van der Waals surface area contributed by atoms with Crippen LogP contribution in [0.4, 0.5) is 0 Å². The molecule has 108 valence electrons. The fraction of sp³-hybridized carbons (Fsp3) is 0.944. The molecular weight excluding hydrogens is 230 g/mol. The molecule has 0 aromatic heterocycles. The summed E-state index contributed by atoms with van der Waals surface area (Å²) >= 11 is 0. The maximum absolute atomic E-state index is 8.98. The standard InChI is InChI=1S/C18H31N/c1-2-3-4-5-15-6-10-17(11-7-15)18-12-8-16(14-19)9-13-18/h15-18H,2-13H2,1H3. The molecular formula is C18H31N. The molecule has 0 aromatic rings. The molecule has 0 radical (unpaired) electrons. The van der Waals surface area contributed by atoms with Crippen molar-refractivity contribution >= 4 is 0 Å². The molecule has 2 aliphatic rings. The smallest absolute Gasteiger partial charge is 0.0655 e. The Morgan fingerprint density at radius 2 is 1.42 bits per heavy atom. The normalized spacial score (nSPS) is 35.8. The van der Waals surface area contributed by atoms with Crippen molar-refractivity contribution in [2.45, 2.75) is 84.0 Å². The van der Waals surface area contributed by atoms with Crippen LogP contribution >= 0.6 is 0 Å². The summed E-state index contributed by atoms with van der Waals surface area (Å²) in [5, 5.41) is 8.98. The molecule has 0 unspecified atom stereocenters. The van der Waals surface area contributed by atoms with Crippen molar-refractivity contribution in [2.24, 2.45) is 23.7 Å². The van der Waals surface area contributed by atoms with E-state index in [1.165, 1.54) is 77.0 Å². The third-order valence-electron chi connectivity index (χ3n) is 5.73. The first-order valence-corrected chi connectivity index (χ1v) is 8.73. The van der Waals surface area contributed by atoms with Gasteiger partial charge in [-0.15, -0.1) is 0 Å². The largest absolute Gasteiger partial charge is 0.198 e. The predicted octanol–water partition coefficient (Wildman–Crippen LogP) is 5.70. The zero-order chi connectivity index (χ0) is 13.5. The van der Waals surface area contributed by atoms with Crippen LogP contribution in [0.5, 0.6) is 0 Å². The lowest BCUT2D eigenvalue weighted by atomic mass is 9.69. The van der Waals surface area contributed by atoms with E-state index in [9.17, 15) is 0 Å². The molecule has 0 aliphatic heterocycles. The number of nitriles is 1. The van der Waals surface area contributed by atoms with Gasteiger partial charge in [-0.3, -0.25) is 0 Å². The summed E-state index contributed by atoms with van der Waals surface area (Å²) in [6, 6.07) is 2.46. The molecule has 0 amide bonds. The van der Waals surface area contributed by atoms with E-state index in [0.29, 0.717) is 5.92 Å². The summed E-state index contributed by atoms with van der Waals surface area (Å²) in [7, 11) is 0. The Kier molecular flexibility index (Phi) is 6.21. The minimum atomic E-state index is 0.377. The maximum Gasteiger partial charge on any atom is 0.0655 e.